The number of carbonyl (C=O) groups excluding carboxylic acids is 1. The van der Waals surface area contributed by atoms with Gasteiger partial charge >= 0.3 is 0 Å². The van der Waals surface area contributed by atoms with Crippen molar-refractivity contribution >= 4 is 27.5 Å². The van der Waals surface area contributed by atoms with Crippen molar-refractivity contribution in [3.8, 4) is 5.75 Å². The molecule has 0 atom stereocenters. The normalized spacial score (nSPS) is 10.8. The summed E-state index contributed by atoms with van der Waals surface area (Å²) in [6, 6.07) is 11.9. The molecule has 0 aliphatic rings. The highest BCUT2D eigenvalue weighted by Crippen LogP contribution is 2.26. The fourth-order valence-corrected chi connectivity index (χ4v) is 3.20. The average Bonchev–Trinajstić information content (AvgIpc) is 2.51. The van der Waals surface area contributed by atoms with Crippen LogP contribution in [0.1, 0.15) is 16.7 Å². The van der Waals surface area contributed by atoms with Crippen LogP contribution in [0.25, 0.3) is 0 Å². The fraction of sp³-hybridized carbons (Fsp3) is 0.316. The number of hydrogen-bond acceptors (Lipinski definition) is 3. The van der Waals surface area contributed by atoms with Crippen molar-refractivity contribution in [2.45, 2.75) is 20.4 Å². The number of nitrogens with one attached hydrogen (secondary N) is 1. The first-order valence-electron chi connectivity index (χ1n) is 7.77. The van der Waals surface area contributed by atoms with Crippen molar-refractivity contribution < 1.29 is 9.53 Å². The Morgan fingerprint density at radius 2 is 1.88 bits per heavy atom. The summed E-state index contributed by atoms with van der Waals surface area (Å²) in [5.41, 5.74) is 4.17. The number of carbonyl (C=O) groups is 1. The summed E-state index contributed by atoms with van der Waals surface area (Å²) in [5, 5.41) is 3.01. The second kappa shape index (κ2) is 8.31. The van der Waals surface area contributed by atoms with E-state index in [0.29, 0.717) is 13.1 Å². The SMILES string of the molecule is COc1ccc(CN(C)CC(=O)Nc2c(C)cccc2C)cc1Br. The lowest BCUT2D eigenvalue weighted by Crippen LogP contribution is -2.30. The van der Waals surface area contributed by atoms with E-state index in [2.05, 4.69) is 21.2 Å². The first kappa shape index (κ1) is 18.5. The van der Waals surface area contributed by atoms with Crippen molar-refractivity contribution in [2.24, 2.45) is 0 Å². The van der Waals surface area contributed by atoms with E-state index in [1.807, 2.05) is 62.2 Å². The van der Waals surface area contributed by atoms with Gasteiger partial charge in [0.05, 0.1) is 18.1 Å². The van der Waals surface area contributed by atoms with E-state index in [4.69, 9.17) is 4.74 Å². The lowest BCUT2D eigenvalue weighted by Gasteiger charge is -2.18. The quantitative estimate of drug-likeness (QED) is 0.805. The Balaban J connectivity index is 1.95. The molecule has 5 heteroatoms. The minimum absolute atomic E-state index is 0.0116. The Morgan fingerprint density at radius 1 is 1.21 bits per heavy atom. The number of para-hydroxylation sites is 1. The van der Waals surface area contributed by atoms with Crippen molar-refractivity contribution in [1.82, 2.24) is 4.90 Å². The molecule has 0 fully saturated rings. The lowest BCUT2D eigenvalue weighted by atomic mass is 10.1. The van der Waals surface area contributed by atoms with Gasteiger partial charge in [0.1, 0.15) is 5.75 Å². The molecule has 1 N–H and O–H groups in total. The van der Waals surface area contributed by atoms with Crippen LogP contribution in [-0.4, -0.2) is 31.5 Å². The Hall–Kier alpha value is -1.85. The lowest BCUT2D eigenvalue weighted by molar-refractivity contribution is -0.117. The van der Waals surface area contributed by atoms with E-state index in [1.54, 1.807) is 7.11 Å². The molecule has 2 aromatic carbocycles. The topological polar surface area (TPSA) is 41.6 Å². The predicted octanol–water partition coefficient (Wildman–Crippen LogP) is 4.15. The molecule has 0 saturated carbocycles. The molecule has 0 bridgehead atoms. The molecule has 1 amide bonds. The number of benzene rings is 2. The Bertz CT molecular complexity index is 711. The summed E-state index contributed by atoms with van der Waals surface area (Å²) in [4.78, 5) is 14.3. The van der Waals surface area contributed by atoms with Gasteiger partial charge in [-0.15, -0.1) is 0 Å². The highest BCUT2D eigenvalue weighted by molar-refractivity contribution is 9.10. The number of ether oxygens (including phenoxy) is 1. The number of hydrogen-bond donors (Lipinski definition) is 1. The molecule has 2 aromatic rings. The third kappa shape index (κ3) is 4.82. The molecule has 0 aromatic heterocycles. The standard InChI is InChI=1S/C19H23BrN2O2/c1-13-6-5-7-14(2)19(13)21-18(23)12-22(3)11-15-8-9-17(24-4)16(20)10-15/h5-10H,11-12H2,1-4H3,(H,21,23). The number of amides is 1. The number of likely N-dealkylation sites (N-methyl/N-ethyl adjacent to an activating group) is 1. The summed E-state index contributed by atoms with van der Waals surface area (Å²) in [6.45, 7) is 5.02. The first-order valence-corrected chi connectivity index (χ1v) is 8.57. The Morgan fingerprint density at radius 3 is 2.46 bits per heavy atom. The van der Waals surface area contributed by atoms with Gasteiger partial charge < -0.3 is 10.1 Å². The van der Waals surface area contributed by atoms with Crippen LogP contribution in [0, 0.1) is 13.8 Å². The third-order valence-electron chi connectivity index (χ3n) is 3.83. The van der Waals surface area contributed by atoms with E-state index in [1.165, 1.54) is 0 Å². The molecular formula is C19H23BrN2O2. The number of rotatable bonds is 6. The second-order valence-electron chi connectivity index (χ2n) is 5.96. The highest BCUT2D eigenvalue weighted by Gasteiger charge is 2.11. The smallest absolute Gasteiger partial charge is 0.238 e. The highest BCUT2D eigenvalue weighted by atomic mass is 79.9. The van der Waals surface area contributed by atoms with Crippen molar-refractivity contribution in [2.75, 3.05) is 26.0 Å². The summed E-state index contributed by atoms with van der Waals surface area (Å²) in [6.07, 6.45) is 0. The van der Waals surface area contributed by atoms with Crippen LogP contribution in [0.5, 0.6) is 5.75 Å². The Labute approximate surface area is 151 Å². The van der Waals surface area contributed by atoms with Gasteiger partial charge in [-0.05, 0) is 65.6 Å². The molecule has 0 heterocycles. The van der Waals surface area contributed by atoms with Crippen LogP contribution < -0.4 is 10.1 Å². The molecule has 128 valence electrons. The largest absolute Gasteiger partial charge is 0.496 e. The summed E-state index contributed by atoms with van der Waals surface area (Å²) < 4.78 is 6.15. The second-order valence-corrected chi connectivity index (χ2v) is 6.81. The van der Waals surface area contributed by atoms with Crippen LogP contribution in [0.15, 0.2) is 40.9 Å². The molecule has 0 aliphatic carbocycles. The zero-order chi connectivity index (χ0) is 17.7. The number of halogens is 1. The molecule has 2 rings (SSSR count). The Kier molecular flexibility index (Phi) is 6.40. The van der Waals surface area contributed by atoms with E-state index in [0.717, 1.165) is 32.6 Å². The van der Waals surface area contributed by atoms with Gasteiger partial charge in [-0.3, -0.25) is 9.69 Å². The molecule has 0 saturated heterocycles. The van der Waals surface area contributed by atoms with Crippen LogP contribution in [0.3, 0.4) is 0 Å². The van der Waals surface area contributed by atoms with Gasteiger partial charge in [0, 0.05) is 12.2 Å². The molecule has 24 heavy (non-hydrogen) atoms. The number of aryl methyl sites for hydroxylation is 2. The molecule has 0 unspecified atom stereocenters. The van der Waals surface area contributed by atoms with Crippen molar-refractivity contribution in [3.63, 3.8) is 0 Å². The average molecular weight is 391 g/mol. The minimum atomic E-state index is -0.0116. The number of methoxy groups -OCH3 is 1. The summed E-state index contributed by atoms with van der Waals surface area (Å²) >= 11 is 3.49. The van der Waals surface area contributed by atoms with Crippen LogP contribution in [-0.2, 0) is 11.3 Å². The maximum atomic E-state index is 12.3. The van der Waals surface area contributed by atoms with E-state index >= 15 is 0 Å². The van der Waals surface area contributed by atoms with Crippen LogP contribution in [0.2, 0.25) is 0 Å². The molecule has 0 radical (unpaired) electrons. The minimum Gasteiger partial charge on any atom is -0.496 e. The van der Waals surface area contributed by atoms with E-state index < -0.39 is 0 Å². The van der Waals surface area contributed by atoms with Gasteiger partial charge in [0.25, 0.3) is 0 Å². The van der Waals surface area contributed by atoms with Gasteiger partial charge in [-0.2, -0.15) is 0 Å². The van der Waals surface area contributed by atoms with Gasteiger partial charge in [0.15, 0.2) is 0 Å². The number of anilines is 1. The van der Waals surface area contributed by atoms with Crippen LogP contribution >= 0.6 is 15.9 Å². The third-order valence-corrected chi connectivity index (χ3v) is 4.45. The zero-order valence-corrected chi connectivity index (χ0v) is 16.1. The molecular weight excluding hydrogens is 368 g/mol. The molecule has 4 nitrogen and oxygen atoms in total. The number of nitrogens with zero attached hydrogens (tertiary/aromatic N) is 1. The van der Waals surface area contributed by atoms with E-state index in [9.17, 15) is 4.79 Å². The summed E-state index contributed by atoms with van der Waals surface area (Å²) in [5.74, 6) is 0.789. The fourth-order valence-electron chi connectivity index (χ4n) is 2.61. The van der Waals surface area contributed by atoms with Crippen LogP contribution in [0.4, 0.5) is 5.69 Å². The first-order chi connectivity index (χ1) is 11.4. The van der Waals surface area contributed by atoms with Gasteiger partial charge in [0.2, 0.25) is 5.91 Å². The maximum absolute atomic E-state index is 12.3. The predicted molar refractivity (Wildman–Crippen MR) is 102 cm³/mol. The summed E-state index contributed by atoms with van der Waals surface area (Å²) in [7, 11) is 3.58. The van der Waals surface area contributed by atoms with Crippen molar-refractivity contribution in [3.05, 3.63) is 57.6 Å². The zero-order valence-electron chi connectivity index (χ0n) is 14.5. The molecule has 0 aliphatic heterocycles. The van der Waals surface area contributed by atoms with Gasteiger partial charge in [-0.25, -0.2) is 0 Å². The molecule has 0 spiro atoms. The van der Waals surface area contributed by atoms with Gasteiger partial charge in [-0.1, -0.05) is 24.3 Å². The van der Waals surface area contributed by atoms with Crippen molar-refractivity contribution in [1.29, 1.82) is 0 Å². The monoisotopic (exact) mass is 390 g/mol. The maximum Gasteiger partial charge on any atom is 0.238 e. The van der Waals surface area contributed by atoms with E-state index in [-0.39, 0.29) is 5.91 Å².